The van der Waals surface area contributed by atoms with Crippen molar-refractivity contribution < 1.29 is 14.3 Å². The number of rotatable bonds is 5. The minimum absolute atomic E-state index is 0.0679. The first-order valence-electron chi connectivity index (χ1n) is 11.3. The zero-order valence-corrected chi connectivity index (χ0v) is 19.3. The van der Waals surface area contributed by atoms with Crippen LogP contribution in [0.3, 0.4) is 0 Å². The van der Waals surface area contributed by atoms with Crippen molar-refractivity contribution in [2.24, 2.45) is 9.98 Å². The van der Waals surface area contributed by atoms with E-state index in [4.69, 9.17) is 14.7 Å². The van der Waals surface area contributed by atoms with Gasteiger partial charge in [0.15, 0.2) is 5.17 Å². The van der Waals surface area contributed by atoms with Crippen molar-refractivity contribution >= 4 is 40.3 Å². The number of nitrogens with zero attached hydrogens (tertiary/aromatic N) is 4. The van der Waals surface area contributed by atoms with Gasteiger partial charge in [0.05, 0.1) is 24.2 Å². The van der Waals surface area contributed by atoms with E-state index in [1.54, 1.807) is 4.90 Å². The Balaban J connectivity index is 1.44. The third-order valence-electron chi connectivity index (χ3n) is 6.04. The van der Waals surface area contributed by atoms with Crippen LogP contribution in [0.4, 0.5) is 5.69 Å². The van der Waals surface area contributed by atoms with Crippen molar-refractivity contribution in [2.75, 3.05) is 26.3 Å². The number of thioether (sulfide) groups is 1. The van der Waals surface area contributed by atoms with Gasteiger partial charge < -0.3 is 9.64 Å². The first-order chi connectivity index (χ1) is 16.2. The second-order valence-corrected chi connectivity index (χ2v) is 9.37. The topological polar surface area (TPSA) is 74.6 Å². The molecule has 0 N–H and O–H groups in total. The first kappa shape index (κ1) is 21.9. The molecule has 2 atom stereocenters. The van der Waals surface area contributed by atoms with Crippen LogP contribution in [0.1, 0.15) is 24.5 Å². The van der Waals surface area contributed by atoms with E-state index in [-0.39, 0.29) is 17.1 Å². The molecule has 0 aliphatic carbocycles. The van der Waals surface area contributed by atoms with Gasteiger partial charge in [0.1, 0.15) is 11.9 Å². The average Bonchev–Trinajstić information content (AvgIpc) is 3.19. The summed E-state index contributed by atoms with van der Waals surface area (Å²) in [4.78, 5) is 39.8. The van der Waals surface area contributed by atoms with Crippen molar-refractivity contribution in [1.29, 1.82) is 0 Å². The lowest BCUT2D eigenvalue weighted by molar-refractivity contribution is -0.134. The van der Waals surface area contributed by atoms with E-state index in [1.165, 1.54) is 11.8 Å². The molecule has 1 fully saturated rings. The van der Waals surface area contributed by atoms with Gasteiger partial charge in [0.25, 0.3) is 5.91 Å². The quantitative estimate of drug-likeness (QED) is 0.684. The number of carbonyl (C=O) groups is 2. The van der Waals surface area contributed by atoms with Gasteiger partial charge in [-0.15, -0.1) is 0 Å². The summed E-state index contributed by atoms with van der Waals surface area (Å²) in [6.45, 7) is 4.30. The average molecular weight is 463 g/mol. The van der Waals surface area contributed by atoms with E-state index in [0.29, 0.717) is 50.1 Å². The van der Waals surface area contributed by atoms with Gasteiger partial charge in [-0.1, -0.05) is 61.2 Å². The van der Waals surface area contributed by atoms with Crippen LogP contribution in [0.15, 0.2) is 64.6 Å². The second-order valence-electron chi connectivity index (χ2n) is 8.20. The molecule has 1 saturated heterocycles. The number of hydrogen-bond donors (Lipinski definition) is 0. The molecule has 2 aromatic carbocycles. The molecule has 0 aromatic heterocycles. The molecule has 7 nitrogen and oxygen atoms in total. The molecular formula is C25H26N4O3S. The van der Waals surface area contributed by atoms with Crippen molar-refractivity contribution in [3.63, 3.8) is 0 Å². The molecule has 0 unspecified atom stereocenters. The van der Waals surface area contributed by atoms with E-state index < -0.39 is 6.04 Å². The Hall–Kier alpha value is -2.97. The molecule has 3 aliphatic rings. The van der Waals surface area contributed by atoms with Gasteiger partial charge in [0, 0.05) is 25.1 Å². The van der Waals surface area contributed by atoms with Crippen LogP contribution in [0.25, 0.3) is 0 Å². The molecule has 0 radical (unpaired) electrons. The molecule has 5 rings (SSSR count). The third-order valence-corrected chi connectivity index (χ3v) is 7.34. The van der Waals surface area contributed by atoms with Crippen LogP contribution in [-0.2, 0) is 20.7 Å². The summed E-state index contributed by atoms with van der Waals surface area (Å²) < 4.78 is 5.39. The number of para-hydroxylation sites is 1. The lowest BCUT2D eigenvalue weighted by Crippen LogP contribution is -2.46. The summed E-state index contributed by atoms with van der Waals surface area (Å²) in [6.07, 6.45) is 1.17. The summed E-state index contributed by atoms with van der Waals surface area (Å²) in [7, 11) is 0. The molecular weight excluding hydrogens is 436 g/mol. The molecule has 170 valence electrons. The molecule has 8 heteroatoms. The number of amidine groups is 2. The number of ether oxygens (including phenoxy) is 1. The number of morpholine rings is 1. The predicted octanol–water partition coefficient (Wildman–Crippen LogP) is 3.26. The van der Waals surface area contributed by atoms with E-state index >= 15 is 0 Å². The van der Waals surface area contributed by atoms with Gasteiger partial charge in [-0.05, 0) is 24.1 Å². The van der Waals surface area contributed by atoms with Crippen LogP contribution < -0.4 is 0 Å². The standard InChI is InChI=1S/C25H26N4O3S/c1-2-21(24(31)28-12-14-32-15-13-28)33-25-27-19-11-7-6-10-18(19)22-26-20(23(30)29(22)25)16-17-8-4-3-5-9-17/h3-11,20-21H,2,12-16H2,1H3/t20-,21-/m0/s1. The maximum atomic E-state index is 13.5. The van der Waals surface area contributed by atoms with Gasteiger partial charge in [-0.2, -0.15) is 0 Å². The summed E-state index contributed by atoms with van der Waals surface area (Å²) in [5.41, 5.74) is 2.68. The first-order valence-corrected chi connectivity index (χ1v) is 12.2. The second kappa shape index (κ2) is 9.49. The Morgan fingerprint density at radius 2 is 1.85 bits per heavy atom. The third kappa shape index (κ3) is 4.32. The monoisotopic (exact) mass is 462 g/mol. The maximum Gasteiger partial charge on any atom is 0.259 e. The molecule has 3 heterocycles. The summed E-state index contributed by atoms with van der Waals surface area (Å²) in [6, 6.07) is 17.1. The van der Waals surface area contributed by atoms with Gasteiger partial charge in [-0.25, -0.2) is 9.89 Å². The van der Waals surface area contributed by atoms with Crippen molar-refractivity contribution in [3.8, 4) is 0 Å². The Morgan fingerprint density at radius 3 is 2.61 bits per heavy atom. The molecule has 0 saturated carbocycles. The lowest BCUT2D eigenvalue weighted by atomic mass is 10.1. The molecule has 33 heavy (non-hydrogen) atoms. The van der Waals surface area contributed by atoms with Crippen LogP contribution in [0, 0.1) is 0 Å². The molecule has 2 aromatic rings. The normalized spacial score (nSPS) is 20.6. The zero-order chi connectivity index (χ0) is 22.8. The number of hydrogen-bond acceptors (Lipinski definition) is 6. The summed E-state index contributed by atoms with van der Waals surface area (Å²) in [5.74, 6) is 0.601. The van der Waals surface area contributed by atoms with E-state index in [9.17, 15) is 9.59 Å². The van der Waals surface area contributed by atoms with Gasteiger partial charge in [-0.3, -0.25) is 14.6 Å². The molecule has 0 spiro atoms. The Kier molecular flexibility index (Phi) is 6.28. The highest BCUT2D eigenvalue weighted by molar-refractivity contribution is 8.15. The van der Waals surface area contributed by atoms with E-state index in [1.807, 2.05) is 66.4 Å². The highest BCUT2D eigenvalue weighted by atomic mass is 32.2. The lowest BCUT2D eigenvalue weighted by Gasteiger charge is -2.31. The van der Waals surface area contributed by atoms with E-state index in [2.05, 4.69) is 0 Å². The fraction of sp³-hybridized carbons (Fsp3) is 0.360. The van der Waals surface area contributed by atoms with Crippen LogP contribution in [-0.4, -0.2) is 70.2 Å². The smallest absolute Gasteiger partial charge is 0.259 e. The minimum atomic E-state index is -0.505. The Bertz CT molecular complexity index is 1110. The van der Waals surface area contributed by atoms with Crippen molar-refractivity contribution in [2.45, 2.75) is 31.1 Å². The van der Waals surface area contributed by atoms with Gasteiger partial charge in [0.2, 0.25) is 5.91 Å². The number of amides is 2. The largest absolute Gasteiger partial charge is 0.378 e. The summed E-state index contributed by atoms with van der Waals surface area (Å²) >= 11 is 1.36. The zero-order valence-electron chi connectivity index (χ0n) is 18.5. The molecule has 0 bridgehead atoms. The SMILES string of the molecule is CC[C@H](SC1=Nc2ccccc2C2=N[C@@H](Cc3ccccc3)C(=O)N12)C(=O)N1CCOCC1. The van der Waals surface area contributed by atoms with Crippen LogP contribution in [0.5, 0.6) is 0 Å². The minimum Gasteiger partial charge on any atom is -0.378 e. The maximum absolute atomic E-state index is 13.5. The van der Waals surface area contributed by atoms with Crippen molar-refractivity contribution in [1.82, 2.24) is 9.80 Å². The highest BCUT2D eigenvalue weighted by Gasteiger charge is 2.42. The molecule has 3 aliphatic heterocycles. The van der Waals surface area contributed by atoms with Crippen molar-refractivity contribution in [3.05, 3.63) is 65.7 Å². The Labute approximate surface area is 197 Å². The highest BCUT2D eigenvalue weighted by Crippen LogP contribution is 2.36. The predicted molar refractivity (Wildman–Crippen MR) is 130 cm³/mol. The molecule has 2 amide bonds. The number of fused-ring (bicyclic) bond motifs is 3. The van der Waals surface area contributed by atoms with Crippen LogP contribution >= 0.6 is 11.8 Å². The number of aliphatic imine (C=N–C) groups is 2. The summed E-state index contributed by atoms with van der Waals surface area (Å²) in [5, 5.41) is 0.204. The fourth-order valence-corrected chi connectivity index (χ4v) is 5.38. The number of carbonyl (C=O) groups excluding carboxylic acids is 2. The Morgan fingerprint density at radius 1 is 1.12 bits per heavy atom. The van der Waals surface area contributed by atoms with E-state index in [0.717, 1.165) is 16.8 Å². The van der Waals surface area contributed by atoms with Crippen LogP contribution in [0.2, 0.25) is 0 Å². The van der Waals surface area contributed by atoms with Gasteiger partial charge >= 0.3 is 0 Å². The fourth-order valence-electron chi connectivity index (χ4n) is 4.27. The number of benzene rings is 2.